The van der Waals surface area contributed by atoms with Gasteiger partial charge in [0.05, 0.1) is 12.2 Å². The van der Waals surface area contributed by atoms with Crippen molar-refractivity contribution < 1.29 is 4.74 Å². The minimum Gasteiger partial charge on any atom is -0.381 e. The Hall–Kier alpha value is -0.870. The van der Waals surface area contributed by atoms with Crippen molar-refractivity contribution >= 4 is 0 Å². The van der Waals surface area contributed by atoms with Gasteiger partial charge in [0.1, 0.15) is 0 Å². The van der Waals surface area contributed by atoms with E-state index in [1.165, 1.54) is 18.4 Å². The lowest BCUT2D eigenvalue weighted by Gasteiger charge is -2.23. The van der Waals surface area contributed by atoms with Crippen molar-refractivity contribution in [1.82, 2.24) is 15.1 Å². The molecule has 4 heteroatoms. The van der Waals surface area contributed by atoms with Crippen LogP contribution in [0.2, 0.25) is 0 Å². The van der Waals surface area contributed by atoms with Gasteiger partial charge in [0, 0.05) is 19.4 Å². The number of piperidine rings is 1. The summed E-state index contributed by atoms with van der Waals surface area (Å²) in [5, 5.41) is 7.97. The van der Waals surface area contributed by atoms with Crippen LogP contribution in [0.3, 0.4) is 0 Å². The molecule has 17 heavy (non-hydrogen) atoms. The van der Waals surface area contributed by atoms with E-state index in [0.717, 1.165) is 39.1 Å². The molecule has 0 spiro atoms. The Morgan fingerprint density at radius 3 is 2.71 bits per heavy atom. The van der Waals surface area contributed by atoms with Crippen molar-refractivity contribution in [2.24, 2.45) is 0 Å². The number of hydrogen-bond donors (Lipinski definition) is 1. The Morgan fingerprint density at radius 1 is 1.18 bits per heavy atom. The second-order valence-corrected chi connectivity index (χ2v) is 5.12. The molecule has 3 rings (SSSR count). The van der Waals surface area contributed by atoms with Gasteiger partial charge in [-0.05, 0) is 50.3 Å². The molecule has 4 nitrogen and oxygen atoms in total. The first-order chi connectivity index (χ1) is 8.43. The highest BCUT2D eigenvalue weighted by molar-refractivity contribution is 5.12. The highest BCUT2D eigenvalue weighted by atomic mass is 16.5. The van der Waals surface area contributed by atoms with E-state index < -0.39 is 0 Å². The van der Waals surface area contributed by atoms with Gasteiger partial charge in [0.2, 0.25) is 0 Å². The summed E-state index contributed by atoms with van der Waals surface area (Å²) in [7, 11) is 0. The molecule has 2 aliphatic heterocycles. The van der Waals surface area contributed by atoms with Gasteiger partial charge in [-0.15, -0.1) is 0 Å². The Bertz CT molecular complexity index is 319. The lowest BCUT2D eigenvalue weighted by Crippen LogP contribution is -2.26. The Morgan fingerprint density at radius 2 is 1.94 bits per heavy atom. The first-order valence-corrected chi connectivity index (χ1v) is 6.76. The maximum Gasteiger partial charge on any atom is 0.0563 e. The third kappa shape index (κ3) is 2.53. The fourth-order valence-corrected chi connectivity index (χ4v) is 2.87. The van der Waals surface area contributed by atoms with Crippen molar-refractivity contribution in [2.45, 2.75) is 37.6 Å². The molecule has 0 radical (unpaired) electrons. The summed E-state index contributed by atoms with van der Waals surface area (Å²) < 4.78 is 7.56. The number of aromatic nitrogens is 2. The van der Waals surface area contributed by atoms with Crippen LogP contribution in [0.1, 0.15) is 43.2 Å². The van der Waals surface area contributed by atoms with Crippen LogP contribution in [-0.2, 0) is 4.74 Å². The summed E-state index contributed by atoms with van der Waals surface area (Å²) in [6, 6.07) is 0.555. The van der Waals surface area contributed by atoms with Crippen LogP contribution in [0.25, 0.3) is 0 Å². The Kier molecular flexibility index (Phi) is 3.43. The van der Waals surface area contributed by atoms with Crippen molar-refractivity contribution in [2.75, 3.05) is 26.3 Å². The minimum atomic E-state index is 0.555. The quantitative estimate of drug-likeness (QED) is 0.848. The van der Waals surface area contributed by atoms with Crippen molar-refractivity contribution in [3.8, 4) is 0 Å². The zero-order chi connectivity index (χ0) is 11.5. The average Bonchev–Trinajstić information content (AvgIpc) is 2.90. The molecular weight excluding hydrogens is 214 g/mol. The summed E-state index contributed by atoms with van der Waals surface area (Å²) in [4.78, 5) is 0. The smallest absolute Gasteiger partial charge is 0.0563 e. The van der Waals surface area contributed by atoms with Crippen molar-refractivity contribution in [3.63, 3.8) is 0 Å². The van der Waals surface area contributed by atoms with Gasteiger partial charge in [-0.1, -0.05) is 0 Å². The molecule has 2 saturated heterocycles. The van der Waals surface area contributed by atoms with Crippen LogP contribution < -0.4 is 5.32 Å². The fraction of sp³-hybridized carbons (Fsp3) is 0.769. The molecule has 2 fully saturated rings. The topological polar surface area (TPSA) is 39.1 Å². The zero-order valence-electron chi connectivity index (χ0n) is 10.3. The van der Waals surface area contributed by atoms with Gasteiger partial charge in [0.25, 0.3) is 0 Å². The third-order valence-corrected chi connectivity index (χ3v) is 4.00. The molecule has 1 aromatic heterocycles. The average molecular weight is 235 g/mol. The second-order valence-electron chi connectivity index (χ2n) is 5.12. The Balaban J connectivity index is 1.68. The van der Waals surface area contributed by atoms with E-state index in [4.69, 9.17) is 4.74 Å². The minimum absolute atomic E-state index is 0.555. The Labute approximate surface area is 102 Å². The van der Waals surface area contributed by atoms with Gasteiger partial charge in [-0.25, -0.2) is 0 Å². The highest BCUT2D eigenvalue weighted by Gasteiger charge is 2.20. The van der Waals surface area contributed by atoms with Crippen LogP contribution in [0, 0.1) is 0 Å². The number of nitrogens with one attached hydrogen (secondary N) is 1. The molecule has 1 N–H and O–H groups in total. The monoisotopic (exact) mass is 235 g/mol. The third-order valence-electron chi connectivity index (χ3n) is 4.00. The molecule has 0 unspecified atom stereocenters. The maximum absolute atomic E-state index is 5.39. The van der Waals surface area contributed by atoms with Crippen molar-refractivity contribution in [1.29, 1.82) is 0 Å². The van der Waals surface area contributed by atoms with Gasteiger partial charge < -0.3 is 10.1 Å². The number of hydrogen-bond acceptors (Lipinski definition) is 3. The van der Waals surface area contributed by atoms with E-state index in [1.54, 1.807) is 0 Å². The summed E-state index contributed by atoms with van der Waals surface area (Å²) in [5.41, 5.74) is 1.43. The maximum atomic E-state index is 5.39. The zero-order valence-corrected chi connectivity index (χ0v) is 10.3. The van der Waals surface area contributed by atoms with Gasteiger partial charge >= 0.3 is 0 Å². The van der Waals surface area contributed by atoms with E-state index in [-0.39, 0.29) is 0 Å². The van der Waals surface area contributed by atoms with Crippen LogP contribution in [0.5, 0.6) is 0 Å². The molecule has 3 heterocycles. The molecule has 94 valence electrons. The summed E-state index contributed by atoms with van der Waals surface area (Å²) in [5.74, 6) is 0.713. The molecule has 0 amide bonds. The summed E-state index contributed by atoms with van der Waals surface area (Å²) in [6.45, 7) is 4.06. The van der Waals surface area contributed by atoms with Crippen LogP contribution >= 0.6 is 0 Å². The normalized spacial score (nSPS) is 24.0. The highest BCUT2D eigenvalue weighted by Crippen LogP contribution is 2.27. The molecule has 0 atom stereocenters. The molecule has 2 aliphatic rings. The SMILES string of the molecule is c1nn(C2CCOCC2)cc1C1CCNCC1. The van der Waals surface area contributed by atoms with Crippen LogP contribution in [0.15, 0.2) is 12.4 Å². The first kappa shape index (κ1) is 11.2. The number of rotatable bonds is 2. The lowest BCUT2D eigenvalue weighted by atomic mass is 9.93. The van der Waals surface area contributed by atoms with E-state index in [1.807, 2.05) is 0 Å². The summed E-state index contributed by atoms with van der Waals surface area (Å²) >= 11 is 0. The molecule has 0 saturated carbocycles. The number of ether oxygens (including phenoxy) is 1. The van der Waals surface area contributed by atoms with Gasteiger partial charge in [-0.2, -0.15) is 5.10 Å². The van der Waals surface area contributed by atoms with Crippen LogP contribution in [-0.4, -0.2) is 36.1 Å². The van der Waals surface area contributed by atoms with E-state index >= 15 is 0 Å². The van der Waals surface area contributed by atoms with Crippen LogP contribution in [0.4, 0.5) is 0 Å². The predicted molar refractivity (Wildman–Crippen MR) is 66.2 cm³/mol. The summed E-state index contributed by atoms with van der Waals surface area (Å²) in [6.07, 6.45) is 9.05. The lowest BCUT2D eigenvalue weighted by molar-refractivity contribution is 0.0662. The van der Waals surface area contributed by atoms with Crippen molar-refractivity contribution in [3.05, 3.63) is 18.0 Å². The standard InChI is InChI=1S/C13H21N3O/c1-5-14-6-2-11(1)12-9-15-16(10-12)13-3-7-17-8-4-13/h9-11,13-14H,1-8H2. The van der Waals surface area contributed by atoms with E-state index in [0.29, 0.717) is 12.0 Å². The van der Waals surface area contributed by atoms with E-state index in [2.05, 4.69) is 27.5 Å². The number of nitrogens with zero attached hydrogens (tertiary/aromatic N) is 2. The molecule has 0 bridgehead atoms. The largest absolute Gasteiger partial charge is 0.381 e. The molecule has 1 aromatic rings. The molecular formula is C13H21N3O. The van der Waals surface area contributed by atoms with Gasteiger partial charge in [-0.3, -0.25) is 4.68 Å². The van der Waals surface area contributed by atoms with E-state index in [9.17, 15) is 0 Å². The molecule has 0 aliphatic carbocycles. The van der Waals surface area contributed by atoms with Gasteiger partial charge in [0.15, 0.2) is 0 Å². The molecule has 0 aromatic carbocycles. The second kappa shape index (κ2) is 5.19. The predicted octanol–water partition coefficient (Wildman–Crippen LogP) is 1.70. The fourth-order valence-electron chi connectivity index (χ4n) is 2.87. The first-order valence-electron chi connectivity index (χ1n) is 6.76.